The van der Waals surface area contributed by atoms with Crippen molar-refractivity contribution < 1.29 is 17.9 Å². The number of hydrogen-bond acceptors (Lipinski definition) is 5. The van der Waals surface area contributed by atoms with Gasteiger partial charge >= 0.3 is 0 Å². The number of aromatic nitrogens is 1. The molecule has 1 heterocycles. The van der Waals surface area contributed by atoms with Crippen LogP contribution >= 0.6 is 0 Å². The third kappa shape index (κ3) is 8.36. The van der Waals surface area contributed by atoms with Crippen LogP contribution in [0, 0.1) is 0 Å². The number of carbonyl (C=O) groups is 1. The van der Waals surface area contributed by atoms with E-state index in [0.29, 0.717) is 17.9 Å². The standard InChI is InChI=1S/C25H25N3O4S/c1-2-15-27-33(30,31)19-21-5-10-23(11-6-21)28-25(29)14-9-20-7-12-24(13-8-20)32-18-22-4-3-16-26-17-22/h2-14,16-17,27H,1,15,18-19H2,(H,28,29)/b14-9+. The Morgan fingerprint density at radius 2 is 1.79 bits per heavy atom. The molecule has 0 unspecified atom stereocenters. The van der Waals surface area contributed by atoms with Crippen molar-refractivity contribution in [3.63, 3.8) is 0 Å². The average molecular weight is 464 g/mol. The third-order valence-corrected chi connectivity index (χ3v) is 5.78. The Kier molecular flexibility index (Phi) is 8.51. The maximum atomic E-state index is 12.2. The summed E-state index contributed by atoms with van der Waals surface area (Å²) in [6, 6.07) is 17.9. The predicted octanol–water partition coefficient (Wildman–Crippen LogP) is 3.92. The highest BCUT2D eigenvalue weighted by Gasteiger charge is 2.10. The quantitative estimate of drug-likeness (QED) is 0.332. The molecule has 170 valence electrons. The molecular weight excluding hydrogens is 438 g/mol. The number of hydrogen-bond donors (Lipinski definition) is 2. The second-order valence-corrected chi connectivity index (χ2v) is 8.94. The molecule has 1 amide bonds. The van der Waals surface area contributed by atoms with Gasteiger partial charge in [-0.3, -0.25) is 9.78 Å². The second kappa shape index (κ2) is 11.8. The lowest BCUT2D eigenvalue weighted by atomic mass is 10.2. The molecule has 7 nitrogen and oxygen atoms in total. The fraction of sp³-hybridized carbons (Fsp3) is 0.120. The Hall–Kier alpha value is -3.75. The normalized spacial score (nSPS) is 11.3. The van der Waals surface area contributed by atoms with E-state index in [1.165, 1.54) is 12.2 Å². The van der Waals surface area contributed by atoms with Crippen LogP contribution in [0.5, 0.6) is 5.75 Å². The van der Waals surface area contributed by atoms with Gasteiger partial charge in [-0.15, -0.1) is 6.58 Å². The molecule has 0 spiro atoms. The van der Waals surface area contributed by atoms with E-state index in [-0.39, 0.29) is 18.2 Å². The molecule has 0 bridgehead atoms. The van der Waals surface area contributed by atoms with Crippen molar-refractivity contribution in [1.29, 1.82) is 0 Å². The minimum Gasteiger partial charge on any atom is -0.489 e. The van der Waals surface area contributed by atoms with Crippen molar-refractivity contribution in [2.75, 3.05) is 11.9 Å². The second-order valence-electron chi connectivity index (χ2n) is 7.13. The highest BCUT2D eigenvalue weighted by molar-refractivity contribution is 7.88. The summed E-state index contributed by atoms with van der Waals surface area (Å²) in [6.07, 6.45) is 8.09. The van der Waals surface area contributed by atoms with E-state index in [0.717, 1.165) is 16.9 Å². The van der Waals surface area contributed by atoms with Crippen molar-refractivity contribution >= 4 is 27.7 Å². The molecule has 2 aromatic carbocycles. The molecule has 33 heavy (non-hydrogen) atoms. The Bertz CT molecular complexity index is 1190. The van der Waals surface area contributed by atoms with Crippen molar-refractivity contribution in [1.82, 2.24) is 9.71 Å². The molecule has 0 radical (unpaired) electrons. The lowest BCUT2D eigenvalue weighted by Crippen LogP contribution is -2.25. The largest absolute Gasteiger partial charge is 0.489 e. The minimum absolute atomic E-state index is 0.142. The molecule has 0 atom stereocenters. The maximum Gasteiger partial charge on any atom is 0.248 e. The Morgan fingerprint density at radius 3 is 2.45 bits per heavy atom. The first-order valence-electron chi connectivity index (χ1n) is 10.2. The van der Waals surface area contributed by atoms with E-state index in [4.69, 9.17) is 4.74 Å². The number of pyridine rings is 1. The molecule has 3 rings (SSSR count). The number of anilines is 1. The number of nitrogens with one attached hydrogen (secondary N) is 2. The van der Waals surface area contributed by atoms with Gasteiger partial charge in [0.2, 0.25) is 15.9 Å². The third-order valence-electron chi connectivity index (χ3n) is 4.46. The van der Waals surface area contributed by atoms with Crippen LogP contribution in [-0.2, 0) is 27.2 Å². The Morgan fingerprint density at radius 1 is 1.03 bits per heavy atom. The monoisotopic (exact) mass is 463 g/mol. The SMILES string of the molecule is C=CCNS(=O)(=O)Cc1ccc(NC(=O)/C=C/c2ccc(OCc3cccnc3)cc2)cc1. The lowest BCUT2D eigenvalue weighted by molar-refractivity contribution is -0.111. The predicted molar refractivity (Wildman–Crippen MR) is 130 cm³/mol. The molecule has 3 aromatic rings. The van der Waals surface area contributed by atoms with E-state index in [1.807, 2.05) is 36.4 Å². The summed E-state index contributed by atoms with van der Waals surface area (Å²) in [7, 11) is -3.42. The number of sulfonamides is 1. The van der Waals surface area contributed by atoms with Gasteiger partial charge in [0.25, 0.3) is 0 Å². The first-order chi connectivity index (χ1) is 15.9. The zero-order valence-electron chi connectivity index (χ0n) is 18.0. The molecule has 8 heteroatoms. The highest BCUT2D eigenvalue weighted by Crippen LogP contribution is 2.16. The van der Waals surface area contributed by atoms with E-state index in [1.54, 1.807) is 42.7 Å². The fourth-order valence-corrected chi connectivity index (χ4v) is 3.93. The van der Waals surface area contributed by atoms with Crippen LogP contribution in [0.3, 0.4) is 0 Å². The van der Waals surface area contributed by atoms with E-state index >= 15 is 0 Å². The molecule has 0 aliphatic heterocycles. The summed E-state index contributed by atoms with van der Waals surface area (Å²) in [6.45, 7) is 4.10. The van der Waals surface area contributed by atoms with Gasteiger partial charge in [0, 0.05) is 36.3 Å². The minimum atomic E-state index is -3.42. The van der Waals surface area contributed by atoms with Crippen LogP contribution in [0.25, 0.3) is 6.08 Å². The maximum absolute atomic E-state index is 12.2. The van der Waals surface area contributed by atoms with Gasteiger partial charge in [0.05, 0.1) is 5.75 Å². The molecule has 0 aliphatic rings. The van der Waals surface area contributed by atoms with Gasteiger partial charge < -0.3 is 10.1 Å². The molecule has 2 N–H and O–H groups in total. The molecule has 0 saturated carbocycles. The summed E-state index contributed by atoms with van der Waals surface area (Å²) >= 11 is 0. The summed E-state index contributed by atoms with van der Waals surface area (Å²) in [5.74, 6) is 0.291. The van der Waals surface area contributed by atoms with Crippen LogP contribution < -0.4 is 14.8 Å². The smallest absolute Gasteiger partial charge is 0.248 e. The first kappa shape index (κ1) is 23.9. The van der Waals surface area contributed by atoms with Crippen LogP contribution in [-0.4, -0.2) is 25.9 Å². The number of carbonyl (C=O) groups excluding carboxylic acids is 1. The number of amides is 1. The lowest BCUT2D eigenvalue weighted by Gasteiger charge is -2.07. The van der Waals surface area contributed by atoms with Crippen molar-refractivity contribution in [2.45, 2.75) is 12.4 Å². The average Bonchev–Trinajstić information content (AvgIpc) is 2.82. The fourth-order valence-electron chi connectivity index (χ4n) is 2.82. The summed E-state index contributed by atoms with van der Waals surface area (Å²) in [4.78, 5) is 16.3. The van der Waals surface area contributed by atoms with Gasteiger partial charge in [-0.25, -0.2) is 13.1 Å². The summed E-state index contributed by atoms with van der Waals surface area (Å²) < 4.78 is 32.0. The van der Waals surface area contributed by atoms with E-state index < -0.39 is 10.0 Å². The Balaban J connectivity index is 1.48. The molecular formula is C25H25N3O4S. The van der Waals surface area contributed by atoms with Crippen LogP contribution in [0.4, 0.5) is 5.69 Å². The van der Waals surface area contributed by atoms with Crippen LogP contribution in [0.1, 0.15) is 16.7 Å². The first-order valence-corrected chi connectivity index (χ1v) is 11.9. The number of ether oxygens (including phenoxy) is 1. The molecule has 1 aromatic heterocycles. The van der Waals surface area contributed by atoms with Crippen molar-refractivity contribution in [3.05, 3.63) is 108 Å². The number of benzene rings is 2. The summed E-state index contributed by atoms with van der Waals surface area (Å²) in [5.41, 5.74) is 3.03. The van der Waals surface area contributed by atoms with Crippen molar-refractivity contribution in [3.8, 4) is 5.75 Å². The topological polar surface area (TPSA) is 97.4 Å². The van der Waals surface area contributed by atoms with Gasteiger partial charge in [-0.1, -0.05) is 36.4 Å². The van der Waals surface area contributed by atoms with Crippen molar-refractivity contribution in [2.24, 2.45) is 0 Å². The van der Waals surface area contributed by atoms with Gasteiger partial charge in [-0.2, -0.15) is 0 Å². The molecule has 0 saturated heterocycles. The van der Waals surface area contributed by atoms with E-state index in [9.17, 15) is 13.2 Å². The van der Waals surface area contributed by atoms with Crippen LogP contribution in [0.2, 0.25) is 0 Å². The van der Waals surface area contributed by atoms with Gasteiger partial charge in [-0.05, 0) is 47.5 Å². The Labute approximate surface area is 193 Å². The number of nitrogens with zero attached hydrogens (tertiary/aromatic N) is 1. The van der Waals surface area contributed by atoms with E-state index in [2.05, 4.69) is 21.6 Å². The highest BCUT2D eigenvalue weighted by atomic mass is 32.2. The molecule has 0 fully saturated rings. The summed E-state index contributed by atoms with van der Waals surface area (Å²) in [5, 5.41) is 2.75. The number of rotatable bonds is 11. The zero-order chi connectivity index (χ0) is 23.5. The molecule has 0 aliphatic carbocycles. The zero-order valence-corrected chi connectivity index (χ0v) is 18.8. The van der Waals surface area contributed by atoms with Crippen LogP contribution in [0.15, 0.2) is 91.8 Å². The van der Waals surface area contributed by atoms with Gasteiger partial charge in [0.1, 0.15) is 12.4 Å². The van der Waals surface area contributed by atoms with Gasteiger partial charge in [0.15, 0.2) is 0 Å².